The molecule has 2 unspecified atom stereocenters. The van der Waals surface area contributed by atoms with Crippen LogP contribution >= 0.6 is 11.6 Å². The molecule has 120 valence electrons. The molecule has 22 heavy (non-hydrogen) atoms. The van der Waals surface area contributed by atoms with Crippen LogP contribution in [0.15, 0.2) is 18.2 Å². The molecule has 1 aliphatic heterocycles. The summed E-state index contributed by atoms with van der Waals surface area (Å²) in [5.41, 5.74) is -1.21. The van der Waals surface area contributed by atoms with Gasteiger partial charge in [-0.25, -0.2) is 0 Å². The molecule has 1 aliphatic rings. The molecule has 0 spiro atoms. The number of benzene rings is 1. The number of carboxylic acids is 1. The Kier molecular flexibility index (Phi) is 4.37. The highest BCUT2D eigenvalue weighted by Crippen LogP contribution is 2.33. The first-order valence-corrected chi connectivity index (χ1v) is 6.90. The van der Waals surface area contributed by atoms with Gasteiger partial charge in [0.1, 0.15) is 0 Å². The van der Waals surface area contributed by atoms with E-state index in [2.05, 4.69) is 0 Å². The Labute approximate surface area is 129 Å². The van der Waals surface area contributed by atoms with Crippen molar-refractivity contribution in [3.63, 3.8) is 0 Å². The maximum absolute atomic E-state index is 12.8. The number of carbonyl (C=O) groups is 2. The molecule has 0 radical (unpaired) electrons. The second-order valence-corrected chi connectivity index (χ2v) is 5.64. The predicted molar refractivity (Wildman–Crippen MR) is 72.7 cm³/mol. The number of carbonyl (C=O) groups excluding carboxylic acids is 1. The van der Waals surface area contributed by atoms with Crippen molar-refractivity contribution in [2.24, 2.45) is 5.92 Å². The summed E-state index contributed by atoms with van der Waals surface area (Å²) in [4.78, 5) is 24.7. The Balaban J connectivity index is 2.31. The van der Waals surface area contributed by atoms with E-state index >= 15 is 0 Å². The molecule has 1 amide bonds. The molecule has 2 rings (SSSR count). The molecule has 1 aromatic rings. The molecule has 0 saturated carbocycles. The van der Waals surface area contributed by atoms with Crippen LogP contribution in [0.4, 0.5) is 13.2 Å². The number of hydrogen-bond donors (Lipinski definition) is 1. The van der Waals surface area contributed by atoms with Crippen LogP contribution in [0.1, 0.15) is 29.3 Å². The lowest BCUT2D eigenvalue weighted by molar-refractivity contribution is -0.142. The fourth-order valence-electron chi connectivity index (χ4n) is 2.60. The Bertz CT molecular complexity index is 618. The molecule has 2 atom stereocenters. The van der Waals surface area contributed by atoms with Crippen LogP contribution in [-0.2, 0) is 11.0 Å². The lowest BCUT2D eigenvalue weighted by atomic mass is 10.0. The first kappa shape index (κ1) is 16.6. The van der Waals surface area contributed by atoms with Crippen LogP contribution in [-0.4, -0.2) is 34.5 Å². The molecule has 1 aromatic carbocycles. The number of alkyl halides is 3. The molecular weight excluding hydrogens is 323 g/mol. The van der Waals surface area contributed by atoms with Crippen LogP contribution in [0, 0.1) is 5.92 Å². The van der Waals surface area contributed by atoms with E-state index in [0.29, 0.717) is 0 Å². The minimum absolute atomic E-state index is 0.185. The number of rotatable bonds is 2. The van der Waals surface area contributed by atoms with Crippen LogP contribution < -0.4 is 0 Å². The monoisotopic (exact) mass is 335 g/mol. The van der Waals surface area contributed by atoms with Gasteiger partial charge >= 0.3 is 12.1 Å². The fourth-order valence-corrected chi connectivity index (χ4v) is 2.83. The zero-order valence-electron chi connectivity index (χ0n) is 11.5. The van der Waals surface area contributed by atoms with Gasteiger partial charge in [-0.2, -0.15) is 13.2 Å². The summed E-state index contributed by atoms with van der Waals surface area (Å²) >= 11 is 5.66. The van der Waals surface area contributed by atoms with Crippen molar-refractivity contribution in [3.05, 3.63) is 34.3 Å². The predicted octanol–water partition coefficient (Wildman–Crippen LogP) is 3.29. The summed E-state index contributed by atoms with van der Waals surface area (Å²) in [6.45, 7) is 1.75. The van der Waals surface area contributed by atoms with Crippen molar-refractivity contribution in [3.8, 4) is 0 Å². The van der Waals surface area contributed by atoms with Gasteiger partial charge in [-0.05, 0) is 31.5 Å². The molecule has 8 heteroatoms. The molecule has 4 nitrogen and oxygen atoms in total. The lowest BCUT2D eigenvalue weighted by Gasteiger charge is -2.23. The summed E-state index contributed by atoms with van der Waals surface area (Å²) < 4.78 is 38.3. The van der Waals surface area contributed by atoms with Crippen LogP contribution in [0.3, 0.4) is 0 Å². The van der Waals surface area contributed by atoms with E-state index < -0.39 is 35.6 Å². The topological polar surface area (TPSA) is 57.6 Å². The molecular formula is C14H13ClF3NO3. The Morgan fingerprint density at radius 1 is 1.32 bits per heavy atom. The second-order valence-electron chi connectivity index (χ2n) is 5.20. The highest BCUT2D eigenvalue weighted by atomic mass is 35.5. The van der Waals surface area contributed by atoms with Gasteiger partial charge in [0.2, 0.25) is 0 Å². The van der Waals surface area contributed by atoms with E-state index in [1.54, 1.807) is 6.92 Å². The van der Waals surface area contributed by atoms with Crippen molar-refractivity contribution in [2.75, 3.05) is 6.54 Å². The second kappa shape index (κ2) is 5.79. The number of aliphatic carboxylic acids is 1. The molecule has 1 fully saturated rings. The van der Waals surface area contributed by atoms with E-state index in [0.717, 1.165) is 18.2 Å². The number of amides is 1. The lowest BCUT2D eigenvalue weighted by Crippen LogP contribution is -2.37. The third-order valence-corrected chi connectivity index (χ3v) is 4.02. The summed E-state index contributed by atoms with van der Waals surface area (Å²) in [7, 11) is 0. The van der Waals surface area contributed by atoms with Gasteiger partial charge in [-0.15, -0.1) is 0 Å². The molecule has 1 N–H and O–H groups in total. The average Bonchev–Trinajstić information content (AvgIpc) is 2.78. The Morgan fingerprint density at radius 2 is 1.95 bits per heavy atom. The van der Waals surface area contributed by atoms with Crippen LogP contribution in [0.2, 0.25) is 5.02 Å². The Morgan fingerprint density at radius 3 is 2.45 bits per heavy atom. The average molecular weight is 336 g/mol. The van der Waals surface area contributed by atoms with Gasteiger partial charge < -0.3 is 10.0 Å². The summed E-state index contributed by atoms with van der Waals surface area (Å²) in [6, 6.07) is 2.04. The third kappa shape index (κ3) is 3.19. The number of nitrogens with zero attached hydrogens (tertiary/aromatic N) is 1. The van der Waals surface area contributed by atoms with Crippen molar-refractivity contribution in [2.45, 2.75) is 25.6 Å². The zero-order valence-corrected chi connectivity index (χ0v) is 12.3. The third-order valence-electron chi connectivity index (χ3n) is 3.81. The SMILES string of the molecule is CC1C(C(=O)O)CCN1C(=O)c1cc(Cl)cc(C(F)(F)F)c1. The van der Waals surface area contributed by atoms with Crippen LogP contribution in [0.25, 0.3) is 0 Å². The molecule has 0 aromatic heterocycles. The first-order valence-electron chi connectivity index (χ1n) is 6.53. The summed E-state index contributed by atoms with van der Waals surface area (Å²) in [5, 5.41) is 8.85. The van der Waals surface area contributed by atoms with Crippen LogP contribution in [0.5, 0.6) is 0 Å². The van der Waals surface area contributed by atoms with Crippen molar-refractivity contribution in [1.29, 1.82) is 0 Å². The smallest absolute Gasteiger partial charge is 0.416 e. The van der Waals surface area contributed by atoms with Gasteiger partial charge in [0.05, 0.1) is 11.5 Å². The zero-order chi connectivity index (χ0) is 16.7. The van der Waals surface area contributed by atoms with Gasteiger partial charge in [-0.3, -0.25) is 9.59 Å². The van der Waals surface area contributed by atoms with E-state index in [9.17, 15) is 22.8 Å². The number of likely N-dealkylation sites (tertiary alicyclic amines) is 1. The van der Waals surface area contributed by atoms with Gasteiger partial charge in [0, 0.05) is 23.2 Å². The minimum atomic E-state index is -4.61. The van der Waals surface area contributed by atoms with E-state index in [4.69, 9.17) is 16.7 Å². The quantitative estimate of drug-likeness (QED) is 0.902. The number of hydrogen-bond acceptors (Lipinski definition) is 2. The normalized spacial score (nSPS) is 22.0. The molecule has 1 heterocycles. The van der Waals surface area contributed by atoms with E-state index in [1.165, 1.54) is 4.90 Å². The van der Waals surface area contributed by atoms with Crippen molar-refractivity contribution < 1.29 is 27.9 Å². The van der Waals surface area contributed by atoms with Gasteiger partial charge in [0.25, 0.3) is 5.91 Å². The molecule has 0 bridgehead atoms. The first-order chi connectivity index (χ1) is 10.1. The maximum atomic E-state index is 12.8. The van der Waals surface area contributed by atoms with E-state index in [1.807, 2.05) is 0 Å². The van der Waals surface area contributed by atoms with Gasteiger partial charge in [0.15, 0.2) is 0 Å². The highest BCUT2D eigenvalue weighted by molar-refractivity contribution is 6.31. The van der Waals surface area contributed by atoms with Gasteiger partial charge in [-0.1, -0.05) is 11.6 Å². The maximum Gasteiger partial charge on any atom is 0.416 e. The highest BCUT2D eigenvalue weighted by Gasteiger charge is 2.39. The van der Waals surface area contributed by atoms with Crippen molar-refractivity contribution >= 4 is 23.5 Å². The fraction of sp³-hybridized carbons (Fsp3) is 0.429. The molecule has 1 saturated heterocycles. The molecule has 0 aliphatic carbocycles. The summed E-state index contributed by atoms with van der Waals surface area (Å²) in [5.74, 6) is -2.39. The largest absolute Gasteiger partial charge is 0.481 e. The number of carboxylic acid groups (broad SMARTS) is 1. The summed E-state index contributed by atoms with van der Waals surface area (Å²) in [6.07, 6.45) is -4.34. The van der Waals surface area contributed by atoms with E-state index in [-0.39, 0.29) is 23.6 Å². The minimum Gasteiger partial charge on any atom is -0.481 e. The standard InChI is InChI=1S/C14H13ClF3NO3/c1-7-11(13(21)22)2-3-19(7)12(20)8-4-9(14(16,17)18)6-10(15)5-8/h4-7,11H,2-3H2,1H3,(H,21,22). The Hall–Kier alpha value is -1.76. The van der Waals surface area contributed by atoms with Crippen molar-refractivity contribution in [1.82, 2.24) is 4.90 Å². The number of halogens is 4.